The van der Waals surface area contributed by atoms with E-state index in [-0.39, 0.29) is 0 Å². The molecule has 0 bridgehead atoms. The maximum Gasteiger partial charge on any atom is 0.00696 e. The average Bonchev–Trinajstić information content (AvgIpc) is 2.20. The number of unbranched alkanes of at least 4 members (excludes halogenated alkanes) is 3. The van der Waals surface area contributed by atoms with Gasteiger partial charge >= 0.3 is 0 Å². The first-order valence-corrected chi connectivity index (χ1v) is 6.60. The Labute approximate surface area is 95.1 Å². The molecule has 1 nitrogen and oxygen atoms in total. The highest BCUT2D eigenvalue weighted by Crippen LogP contribution is 2.30. The summed E-state index contributed by atoms with van der Waals surface area (Å²) < 4.78 is 0. The maximum absolute atomic E-state index is 6.19. The lowest BCUT2D eigenvalue weighted by molar-refractivity contribution is 0.234. The molecule has 3 atom stereocenters. The number of hydrogen-bond acceptors (Lipinski definition) is 1. The highest BCUT2D eigenvalue weighted by Gasteiger charge is 2.24. The summed E-state index contributed by atoms with van der Waals surface area (Å²) >= 11 is 0. The standard InChI is InChI=1S/C14H27N/c1-3-4-5-6-7-8-13-10-9-12(2)11-14(13)15/h3,12-14H,1,4-11,15H2,2H3. The molecule has 1 heteroatoms. The molecule has 0 aromatic rings. The SMILES string of the molecule is C=CCCCCCC1CCC(C)CC1N. The Balaban J connectivity index is 2.07. The average molecular weight is 209 g/mol. The summed E-state index contributed by atoms with van der Waals surface area (Å²) in [7, 11) is 0. The zero-order valence-corrected chi connectivity index (χ0v) is 10.3. The van der Waals surface area contributed by atoms with Gasteiger partial charge in [0.15, 0.2) is 0 Å². The first-order chi connectivity index (χ1) is 7.24. The molecule has 0 aromatic carbocycles. The Bertz CT molecular complexity index is 176. The third-order valence-corrected chi connectivity index (χ3v) is 3.79. The van der Waals surface area contributed by atoms with Gasteiger partial charge in [0, 0.05) is 6.04 Å². The van der Waals surface area contributed by atoms with Crippen molar-refractivity contribution in [2.24, 2.45) is 17.6 Å². The van der Waals surface area contributed by atoms with E-state index < -0.39 is 0 Å². The Hall–Kier alpha value is -0.300. The summed E-state index contributed by atoms with van der Waals surface area (Å²) in [6.45, 7) is 6.08. The molecule has 0 saturated heterocycles. The van der Waals surface area contributed by atoms with Crippen LogP contribution in [0.5, 0.6) is 0 Å². The fourth-order valence-corrected chi connectivity index (χ4v) is 2.72. The lowest BCUT2D eigenvalue weighted by Crippen LogP contribution is -2.35. The predicted octanol–water partition coefficient (Wildman–Crippen LogP) is 3.89. The first kappa shape index (κ1) is 12.8. The smallest absolute Gasteiger partial charge is 0.00696 e. The summed E-state index contributed by atoms with van der Waals surface area (Å²) in [5.74, 6) is 1.67. The van der Waals surface area contributed by atoms with Gasteiger partial charge in [-0.25, -0.2) is 0 Å². The minimum atomic E-state index is 0.480. The van der Waals surface area contributed by atoms with E-state index in [1.54, 1.807) is 0 Å². The van der Waals surface area contributed by atoms with Gasteiger partial charge in [-0.3, -0.25) is 0 Å². The van der Waals surface area contributed by atoms with Crippen molar-refractivity contribution in [3.63, 3.8) is 0 Å². The molecule has 1 aliphatic rings. The maximum atomic E-state index is 6.19. The molecule has 0 heterocycles. The molecular weight excluding hydrogens is 182 g/mol. The molecule has 3 unspecified atom stereocenters. The predicted molar refractivity (Wildman–Crippen MR) is 67.8 cm³/mol. The van der Waals surface area contributed by atoms with E-state index in [1.165, 1.54) is 51.4 Å². The van der Waals surface area contributed by atoms with Crippen LogP contribution in [0, 0.1) is 11.8 Å². The third-order valence-electron chi connectivity index (χ3n) is 3.79. The molecule has 0 radical (unpaired) electrons. The van der Waals surface area contributed by atoms with E-state index >= 15 is 0 Å². The molecule has 1 rings (SSSR count). The van der Waals surface area contributed by atoms with Crippen molar-refractivity contribution in [3.05, 3.63) is 12.7 Å². The van der Waals surface area contributed by atoms with E-state index in [1.807, 2.05) is 6.08 Å². The number of nitrogens with two attached hydrogens (primary N) is 1. The Morgan fingerprint density at radius 1 is 1.27 bits per heavy atom. The second-order valence-corrected chi connectivity index (χ2v) is 5.27. The van der Waals surface area contributed by atoms with Gasteiger partial charge in [-0.2, -0.15) is 0 Å². The summed E-state index contributed by atoms with van der Waals surface area (Å²) in [4.78, 5) is 0. The van der Waals surface area contributed by atoms with Crippen LogP contribution >= 0.6 is 0 Å². The van der Waals surface area contributed by atoms with Crippen LogP contribution < -0.4 is 5.73 Å². The van der Waals surface area contributed by atoms with Crippen LogP contribution in [0.1, 0.15) is 58.3 Å². The van der Waals surface area contributed by atoms with E-state index in [2.05, 4.69) is 13.5 Å². The number of rotatable bonds is 6. The van der Waals surface area contributed by atoms with Gasteiger partial charge in [-0.1, -0.05) is 32.3 Å². The van der Waals surface area contributed by atoms with E-state index in [0.717, 1.165) is 11.8 Å². The van der Waals surface area contributed by atoms with Crippen LogP contribution in [0.4, 0.5) is 0 Å². The fraction of sp³-hybridized carbons (Fsp3) is 0.857. The van der Waals surface area contributed by atoms with Gasteiger partial charge in [-0.05, 0) is 43.9 Å². The van der Waals surface area contributed by atoms with Crippen LogP contribution in [-0.2, 0) is 0 Å². The van der Waals surface area contributed by atoms with E-state index in [9.17, 15) is 0 Å². The summed E-state index contributed by atoms with van der Waals surface area (Å²) in [6, 6.07) is 0.480. The molecule has 2 N–H and O–H groups in total. The van der Waals surface area contributed by atoms with Crippen LogP contribution in [0.25, 0.3) is 0 Å². The van der Waals surface area contributed by atoms with Crippen LogP contribution in [-0.4, -0.2) is 6.04 Å². The van der Waals surface area contributed by atoms with Gasteiger partial charge in [-0.15, -0.1) is 6.58 Å². The van der Waals surface area contributed by atoms with Crippen molar-refractivity contribution in [3.8, 4) is 0 Å². The molecule has 15 heavy (non-hydrogen) atoms. The van der Waals surface area contributed by atoms with Crippen LogP contribution in [0.2, 0.25) is 0 Å². The Morgan fingerprint density at radius 2 is 2.07 bits per heavy atom. The largest absolute Gasteiger partial charge is 0.327 e. The minimum Gasteiger partial charge on any atom is -0.327 e. The van der Waals surface area contributed by atoms with Crippen molar-refractivity contribution < 1.29 is 0 Å². The van der Waals surface area contributed by atoms with Crippen molar-refractivity contribution in [1.29, 1.82) is 0 Å². The van der Waals surface area contributed by atoms with Gasteiger partial charge in [0.05, 0.1) is 0 Å². The molecule has 0 aromatic heterocycles. The number of allylic oxidation sites excluding steroid dienone is 1. The van der Waals surface area contributed by atoms with E-state index in [4.69, 9.17) is 5.73 Å². The Kier molecular flexibility index (Phi) is 6.00. The van der Waals surface area contributed by atoms with Crippen molar-refractivity contribution >= 4 is 0 Å². The topological polar surface area (TPSA) is 26.0 Å². The van der Waals surface area contributed by atoms with Gasteiger partial charge in [0.2, 0.25) is 0 Å². The second-order valence-electron chi connectivity index (χ2n) is 5.27. The van der Waals surface area contributed by atoms with Crippen LogP contribution in [0.3, 0.4) is 0 Å². The lowest BCUT2D eigenvalue weighted by Gasteiger charge is -2.32. The normalized spacial score (nSPS) is 31.5. The molecule has 0 aliphatic heterocycles. The molecular formula is C14H27N. The molecule has 88 valence electrons. The second kappa shape index (κ2) is 7.05. The highest BCUT2D eigenvalue weighted by molar-refractivity contribution is 4.81. The van der Waals surface area contributed by atoms with Gasteiger partial charge in [0.25, 0.3) is 0 Å². The quantitative estimate of drug-likeness (QED) is 0.521. The minimum absolute atomic E-state index is 0.480. The fourth-order valence-electron chi connectivity index (χ4n) is 2.72. The van der Waals surface area contributed by atoms with Crippen molar-refractivity contribution in [1.82, 2.24) is 0 Å². The molecule has 1 saturated carbocycles. The highest BCUT2D eigenvalue weighted by atomic mass is 14.7. The third kappa shape index (κ3) is 4.83. The zero-order valence-electron chi connectivity index (χ0n) is 10.3. The zero-order chi connectivity index (χ0) is 11.1. The molecule has 1 fully saturated rings. The van der Waals surface area contributed by atoms with Crippen molar-refractivity contribution in [2.75, 3.05) is 0 Å². The summed E-state index contributed by atoms with van der Waals surface area (Å²) in [5, 5.41) is 0. The van der Waals surface area contributed by atoms with E-state index in [0.29, 0.717) is 6.04 Å². The monoisotopic (exact) mass is 209 g/mol. The Morgan fingerprint density at radius 3 is 2.73 bits per heavy atom. The first-order valence-electron chi connectivity index (χ1n) is 6.60. The number of hydrogen-bond donors (Lipinski definition) is 1. The summed E-state index contributed by atoms with van der Waals surface area (Å²) in [5.41, 5.74) is 6.19. The van der Waals surface area contributed by atoms with Crippen LogP contribution in [0.15, 0.2) is 12.7 Å². The molecule has 0 amide bonds. The molecule has 0 spiro atoms. The molecule has 1 aliphatic carbocycles. The lowest BCUT2D eigenvalue weighted by atomic mass is 9.77. The van der Waals surface area contributed by atoms with Gasteiger partial charge in [0.1, 0.15) is 0 Å². The summed E-state index contributed by atoms with van der Waals surface area (Å²) in [6.07, 6.45) is 12.6. The van der Waals surface area contributed by atoms with Gasteiger partial charge < -0.3 is 5.73 Å². The van der Waals surface area contributed by atoms with Crippen molar-refractivity contribution in [2.45, 2.75) is 64.3 Å².